The summed E-state index contributed by atoms with van der Waals surface area (Å²) in [4.78, 5) is 9.30. The normalized spacial score (nSPS) is 18.2. The minimum Gasteiger partial charge on any atom is -0.395 e. The average molecular weight is 457 g/mol. The third-order valence-electron chi connectivity index (χ3n) is 5.14. The van der Waals surface area contributed by atoms with Crippen molar-refractivity contribution in [2.75, 3.05) is 11.9 Å². The largest absolute Gasteiger partial charge is 0.395 e. The van der Waals surface area contributed by atoms with Crippen molar-refractivity contribution in [2.24, 2.45) is 16.5 Å². The summed E-state index contributed by atoms with van der Waals surface area (Å²) in [6.45, 7) is 4.24. The van der Waals surface area contributed by atoms with Crippen LogP contribution >= 0.6 is 15.9 Å². The molecule has 28 heavy (non-hydrogen) atoms. The first-order valence-corrected chi connectivity index (χ1v) is 10.2. The highest BCUT2D eigenvalue weighted by atomic mass is 79.9. The Morgan fingerprint density at radius 3 is 2.71 bits per heavy atom. The molecule has 1 saturated carbocycles. The molecule has 3 rings (SSSR count). The number of halogens is 3. The van der Waals surface area contributed by atoms with Gasteiger partial charge in [0.15, 0.2) is 0 Å². The van der Waals surface area contributed by atoms with Gasteiger partial charge in [-0.25, -0.2) is 18.4 Å². The van der Waals surface area contributed by atoms with E-state index >= 15 is 0 Å². The van der Waals surface area contributed by atoms with Gasteiger partial charge in [0.05, 0.1) is 12.3 Å². The summed E-state index contributed by atoms with van der Waals surface area (Å²) in [7, 11) is 0. The third-order valence-corrected chi connectivity index (χ3v) is 5.47. The van der Waals surface area contributed by atoms with E-state index in [4.69, 9.17) is 4.84 Å². The Hall–Kier alpha value is -1.87. The van der Waals surface area contributed by atoms with Crippen LogP contribution in [0.5, 0.6) is 0 Å². The van der Waals surface area contributed by atoms with Crippen molar-refractivity contribution in [1.29, 1.82) is 0 Å². The lowest BCUT2D eigenvalue weighted by Crippen LogP contribution is -2.47. The monoisotopic (exact) mass is 456 g/mol. The number of alkyl halides is 1. The quantitative estimate of drug-likeness (QED) is 0.270. The number of rotatable bonds is 9. The van der Waals surface area contributed by atoms with Crippen molar-refractivity contribution in [2.45, 2.75) is 38.8 Å². The highest BCUT2D eigenvalue weighted by Gasteiger charge is 2.64. The van der Waals surface area contributed by atoms with Crippen LogP contribution in [0.1, 0.15) is 32.3 Å². The fourth-order valence-electron chi connectivity index (χ4n) is 3.77. The summed E-state index contributed by atoms with van der Waals surface area (Å²) in [6, 6.07) is 3.22. The van der Waals surface area contributed by atoms with E-state index in [0.717, 1.165) is 12.1 Å². The van der Waals surface area contributed by atoms with Crippen molar-refractivity contribution < 1.29 is 18.7 Å². The van der Waals surface area contributed by atoms with Crippen molar-refractivity contribution in [3.8, 4) is 0 Å². The number of nitrogens with zero attached hydrogens (tertiary/aromatic N) is 4. The van der Waals surface area contributed by atoms with Crippen LogP contribution in [-0.2, 0) is 17.0 Å². The summed E-state index contributed by atoms with van der Waals surface area (Å²) >= 11 is 3.29. The topological polar surface area (TPSA) is 72.5 Å². The summed E-state index contributed by atoms with van der Waals surface area (Å²) in [5, 5.41) is 20.9. The van der Waals surface area contributed by atoms with E-state index in [1.54, 1.807) is 0 Å². The van der Waals surface area contributed by atoms with Crippen LogP contribution in [0, 0.1) is 23.0 Å². The molecule has 1 heterocycles. The zero-order chi connectivity index (χ0) is 20.4. The highest BCUT2D eigenvalue weighted by molar-refractivity contribution is 9.09. The average Bonchev–Trinajstić information content (AvgIpc) is 3.29. The molecule has 1 aliphatic rings. The summed E-state index contributed by atoms with van der Waals surface area (Å²) in [5.74, 6) is -1.55. The van der Waals surface area contributed by atoms with E-state index in [1.165, 1.54) is 23.4 Å². The Balaban J connectivity index is 2.11. The number of aromatic nitrogens is 3. The molecule has 0 bridgehead atoms. The molecule has 1 aliphatic carbocycles. The van der Waals surface area contributed by atoms with Gasteiger partial charge in [0.2, 0.25) is 0 Å². The maximum Gasteiger partial charge on any atom is 0.137 e. The maximum atomic E-state index is 14.8. The van der Waals surface area contributed by atoms with Gasteiger partial charge < -0.3 is 9.94 Å². The molecule has 0 saturated heterocycles. The highest BCUT2D eigenvalue weighted by Crippen LogP contribution is 2.61. The molecule has 0 amide bonds. The zero-order valence-electron chi connectivity index (χ0n) is 15.8. The molecule has 1 fully saturated rings. The minimum absolute atomic E-state index is 0.00995. The second kappa shape index (κ2) is 8.24. The van der Waals surface area contributed by atoms with Gasteiger partial charge in [-0.1, -0.05) is 41.0 Å². The molecule has 6 nitrogen and oxygen atoms in total. The van der Waals surface area contributed by atoms with Crippen LogP contribution < -0.4 is 0 Å². The number of hydrogen-bond donors (Lipinski definition) is 1. The number of hydrogen-bond acceptors (Lipinski definition) is 5. The first kappa shape index (κ1) is 20.9. The van der Waals surface area contributed by atoms with E-state index in [9.17, 15) is 13.9 Å². The minimum atomic E-state index is -1.70. The maximum absolute atomic E-state index is 14.8. The van der Waals surface area contributed by atoms with E-state index in [1.807, 2.05) is 13.8 Å². The van der Waals surface area contributed by atoms with Crippen LogP contribution in [0.4, 0.5) is 8.78 Å². The van der Waals surface area contributed by atoms with Crippen LogP contribution in [0.25, 0.3) is 0 Å². The van der Waals surface area contributed by atoms with E-state index < -0.39 is 22.7 Å². The molecule has 1 N–H and O–H groups in total. The van der Waals surface area contributed by atoms with Crippen LogP contribution in [0.15, 0.2) is 36.0 Å². The molecule has 152 valence electrons. The molecule has 1 atom stereocenters. The first-order valence-electron chi connectivity index (χ1n) is 9.10. The van der Waals surface area contributed by atoms with E-state index in [0.29, 0.717) is 30.5 Å². The van der Waals surface area contributed by atoms with E-state index in [-0.39, 0.29) is 18.0 Å². The first-order chi connectivity index (χ1) is 13.3. The zero-order valence-corrected chi connectivity index (χ0v) is 17.4. The second-order valence-electron chi connectivity index (χ2n) is 7.31. The van der Waals surface area contributed by atoms with Gasteiger partial charge in [0.1, 0.15) is 36.5 Å². The smallest absolute Gasteiger partial charge is 0.137 e. The fraction of sp³-hybridized carbons (Fsp3) is 0.526. The predicted molar refractivity (Wildman–Crippen MR) is 104 cm³/mol. The second-order valence-corrected chi connectivity index (χ2v) is 8.11. The summed E-state index contributed by atoms with van der Waals surface area (Å²) in [6.07, 6.45) is 4.00. The Bertz CT molecular complexity index is 840. The Morgan fingerprint density at radius 2 is 2.18 bits per heavy atom. The molecule has 0 radical (unpaired) electrons. The molecule has 1 aromatic carbocycles. The molecule has 0 aliphatic heterocycles. The molecule has 9 heteroatoms. The number of aliphatic hydroxyl groups is 1. The van der Waals surface area contributed by atoms with Crippen LogP contribution in [-0.4, -0.2) is 37.5 Å². The standard InChI is InChI=1S/C19H23BrF2N4O2/c1-13(2)17(25-28-8-7-20)18(5-6-18)19(27,10-26-12-23-11-24-26)15-4-3-14(21)9-16(15)22/h3-4,9,11-13,27H,5-8,10H2,1-2H3/b25-17+. The summed E-state index contributed by atoms with van der Waals surface area (Å²) in [5.41, 5.74) is -1.87. The molecule has 2 aromatic rings. The number of benzene rings is 1. The van der Waals surface area contributed by atoms with Crippen molar-refractivity contribution in [3.05, 3.63) is 48.1 Å². The lowest BCUT2D eigenvalue weighted by Gasteiger charge is -2.39. The lowest BCUT2D eigenvalue weighted by molar-refractivity contribution is -0.0356. The number of oxime groups is 1. The van der Waals surface area contributed by atoms with Gasteiger partial charge in [-0.2, -0.15) is 5.10 Å². The lowest BCUT2D eigenvalue weighted by atomic mass is 9.72. The molecule has 0 spiro atoms. The van der Waals surface area contributed by atoms with Gasteiger partial charge >= 0.3 is 0 Å². The SMILES string of the molecule is CC(C)/C(=N\OCCBr)C1(C(O)(Cn2cncn2)c2ccc(F)cc2F)CC1. The van der Waals surface area contributed by atoms with Crippen molar-refractivity contribution >= 4 is 21.6 Å². The predicted octanol–water partition coefficient (Wildman–Crippen LogP) is 3.65. The van der Waals surface area contributed by atoms with Crippen molar-refractivity contribution in [1.82, 2.24) is 14.8 Å². The Morgan fingerprint density at radius 1 is 1.43 bits per heavy atom. The third kappa shape index (κ3) is 3.82. The van der Waals surface area contributed by atoms with Gasteiger partial charge in [0.25, 0.3) is 0 Å². The van der Waals surface area contributed by atoms with Crippen LogP contribution in [0.3, 0.4) is 0 Å². The fourth-order valence-corrected chi connectivity index (χ4v) is 3.91. The Kier molecular flexibility index (Phi) is 6.14. The van der Waals surface area contributed by atoms with Gasteiger partial charge in [-0.05, 0) is 24.8 Å². The molecule has 1 aromatic heterocycles. The van der Waals surface area contributed by atoms with Crippen molar-refractivity contribution in [3.63, 3.8) is 0 Å². The van der Waals surface area contributed by atoms with Gasteiger partial charge in [-0.15, -0.1) is 0 Å². The van der Waals surface area contributed by atoms with Crippen LogP contribution in [0.2, 0.25) is 0 Å². The van der Waals surface area contributed by atoms with Gasteiger partial charge in [-0.3, -0.25) is 0 Å². The summed E-state index contributed by atoms with van der Waals surface area (Å²) < 4.78 is 29.7. The van der Waals surface area contributed by atoms with E-state index in [2.05, 4.69) is 31.2 Å². The molecule has 1 unspecified atom stereocenters. The molecular weight excluding hydrogens is 434 g/mol. The Labute approximate surface area is 170 Å². The van der Waals surface area contributed by atoms with Gasteiger partial charge in [0, 0.05) is 22.4 Å². The molecular formula is C19H23BrF2N4O2.